The maximum absolute atomic E-state index is 11.8. The van der Waals surface area contributed by atoms with Crippen molar-refractivity contribution in [2.24, 2.45) is 0 Å². The number of benzene rings is 1. The first-order valence-electron chi connectivity index (χ1n) is 6.27. The lowest BCUT2D eigenvalue weighted by molar-refractivity contribution is -0.135. The van der Waals surface area contributed by atoms with E-state index in [1.165, 1.54) is 16.9 Å². The Labute approximate surface area is 126 Å². The van der Waals surface area contributed by atoms with Crippen molar-refractivity contribution in [1.29, 1.82) is 0 Å². The number of ketones is 1. The molecule has 0 fully saturated rings. The Morgan fingerprint density at radius 2 is 1.81 bits per heavy atom. The Balaban J connectivity index is 2.11. The van der Waals surface area contributed by atoms with E-state index in [1.807, 2.05) is 36.6 Å². The van der Waals surface area contributed by atoms with Gasteiger partial charge in [0.1, 0.15) is 0 Å². The molecule has 108 valence electrons. The Morgan fingerprint density at radius 1 is 1.14 bits per heavy atom. The predicted octanol–water partition coefficient (Wildman–Crippen LogP) is 3.36. The summed E-state index contributed by atoms with van der Waals surface area (Å²) in [6, 6.07) is 9.84. The van der Waals surface area contributed by atoms with E-state index in [0.29, 0.717) is 11.3 Å². The van der Waals surface area contributed by atoms with E-state index in [9.17, 15) is 9.59 Å². The molecular formula is C16H14O4S. The molecule has 0 spiro atoms. The highest BCUT2D eigenvalue weighted by atomic mass is 32.1. The number of thiophene rings is 1. The first kappa shape index (κ1) is 15.0. The molecule has 21 heavy (non-hydrogen) atoms. The smallest absolute Gasteiger partial charge is 0.371 e. The molecule has 0 atom stereocenters. The summed E-state index contributed by atoms with van der Waals surface area (Å²) in [6.07, 6.45) is 1.43. The van der Waals surface area contributed by atoms with Gasteiger partial charge in [-0.05, 0) is 35.9 Å². The molecule has 0 amide bonds. The molecule has 2 rings (SSSR count). The van der Waals surface area contributed by atoms with Crippen LogP contribution in [0.25, 0.3) is 0 Å². The van der Waals surface area contributed by atoms with Crippen LogP contribution in [-0.4, -0.2) is 22.0 Å². The second-order valence-electron chi connectivity index (χ2n) is 4.68. The van der Waals surface area contributed by atoms with Crippen LogP contribution in [0.2, 0.25) is 0 Å². The van der Waals surface area contributed by atoms with E-state index >= 15 is 0 Å². The van der Waals surface area contributed by atoms with E-state index < -0.39 is 17.5 Å². The Hall–Kier alpha value is -2.40. The van der Waals surface area contributed by atoms with Gasteiger partial charge in [0, 0.05) is 6.08 Å². The van der Waals surface area contributed by atoms with Crippen molar-refractivity contribution in [3.8, 4) is 0 Å². The van der Waals surface area contributed by atoms with Crippen molar-refractivity contribution >= 4 is 23.1 Å². The number of aliphatic hydroxyl groups excluding tert-OH is 1. The van der Waals surface area contributed by atoms with E-state index in [-0.39, 0.29) is 0 Å². The van der Waals surface area contributed by atoms with Gasteiger partial charge in [0.15, 0.2) is 5.78 Å². The van der Waals surface area contributed by atoms with Crippen LogP contribution in [0, 0.1) is 6.92 Å². The quantitative estimate of drug-likeness (QED) is 0.504. The van der Waals surface area contributed by atoms with Gasteiger partial charge in [-0.25, -0.2) is 4.79 Å². The number of allylic oxidation sites excluding steroid dienone is 1. The van der Waals surface area contributed by atoms with Gasteiger partial charge < -0.3 is 10.2 Å². The van der Waals surface area contributed by atoms with Gasteiger partial charge in [-0.1, -0.05) is 29.8 Å². The summed E-state index contributed by atoms with van der Waals surface area (Å²) in [7, 11) is 0. The summed E-state index contributed by atoms with van der Waals surface area (Å²) < 4.78 is 0. The summed E-state index contributed by atoms with van der Waals surface area (Å²) in [6.45, 7) is 2.02. The maximum atomic E-state index is 11.8. The Bertz CT molecular complexity index is 695. The van der Waals surface area contributed by atoms with Crippen molar-refractivity contribution in [3.05, 3.63) is 69.1 Å². The summed E-state index contributed by atoms with van der Waals surface area (Å²) in [5.41, 5.74) is 3.31. The van der Waals surface area contributed by atoms with Crippen molar-refractivity contribution in [2.75, 3.05) is 0 Å². The zero-order valence-corrected chi connectivity index (χ0v) is 12.2. The number of carbonyl (C=O) groups excluding carboxylic acids is 1. The van der Waals surface area contributed by atoms with Crippen LogP contribution in [0.15, 0.2) is 47.5 Å². The van der Waals surface area contributed by atoms with Gasteiger partial charge >= 0.3 is 5.97 Å². The molecule has 0 aliphatic carbocycles. The fraction of sp³-hybridized carbons (Fsp3) is 0.125. The van der Waals surface area contributed by atoms with Crippen molar-refractivity contribution in [3.63, 3.8) is 0 Å². The van der Waals surface area contributed by atoms with E-state index in [2.05, 4.69) is 0 Å². The number of hydrogen-bond donors (Lipinski definition) is 2. The molecule has 0 bridgehead atoms. The molecule has 1 heterocycles. The lowest BCUT2D eigenvalue weighted by atomic mass is 10.1. The maximum Gasteiger partial charge on any atom is 0.371 e. The van der Waals surface area contributed by atoms with E-state index in [1.54, 1.807) is 6.07 Å². The average molecular weight is 302 g/mol. The highest BCUT2D eigenvalue weighted by molar-refractivity contribution is 7.12. The van der Waals surface area contributed by atoms with Gasteiger partial charge in [0.05, 0.1) is 4.88 Å². The molecule has 2 N–H and O–H groups in total. The van der Waals surface area contributed by atoms with E-state index in [4.69, 9.17) is 10.2 Å². The number of rotatable bonds is 5. The summed E-state index contributed by atoms with van der Waals surface area (Å²) in [5, 5.41) is 19.5. The van der Waals surface area contributed by atoms with Gasteiger partial charge in [-0.2, -0.15) is 0 Å². The van der Waals surface area contributed by atoms with Crippen LogP contribution in [0.4, 0.5) is 0 Å². The first-order valence-corrected chi connectivity index (χ1v) is 7.15. The highest BCUT2D eigenvalue weighted by Crippen LogP contribution is 2.19. The van der Waals surface area contributed by atoms with Crippen LogP contribution in [0.5, 0.6) is 0 Å². The molecule has 1 aromatic carbocycles. The number of aliphatic hydroxyl groups is 1. The zero-order chi connectivity index (χ0) is 15.4. The molecule has 1 aromatic heterocycles. The highest BCUT2D eigenvalue weighted by Gasteiger charge is 2.11. The second-order valence-corrected chi connectivity index (χ2v) is 5.59. The van der Waals surface area contributed by atoms with Gasteiger partial charge in [0.25, 0.3) is 0 Å². The molecule has 0 aliphatic rings. The minimum atomic E-state index is -1.51. The molecule has 0 radical (unpaired) electrons. The van der Waals surface area contributed by atoms with Crippen LogP contribution >= 0.6 is 11.3 Å². The Morgan fingerprint density at radius 3 is 2.43 bits per heavy atom. The molecule has 0 aliphatic heterocycles. The van der Waals surface area contributed by atoms with Gasteiger partial charge in [-0.3, -0.25) is 4.79 Å². The third-order valence-electron chi connectivity index (χ3n) is 2.91. The average Bonchev–Trinajstić information content (AvgIpc) is 2.90. The molecule has 0 unspecified atom stereocenters. The predicted molar refractivity (Wildman–Crippen MR) is 81.0 cm³/mol. The minimum absolute atomic E-state index is 0.407. The van der Waals surface area contributed by atoms with Crippen molar-refractivity contribution in [1.82, 2.24) is 0 Å². The normalized spacial score (nSPS) is 11.4. The third-order valence-corrected chi connectivity index (χ3v) is 3.91. The first-order chi connectivity index (χ1) is 9.95. The molecule has 2 aromatic rings. The molecule has 0 saturated carbocycles. The van der Waals surface area contributed by atoms with Crippen molar-refractivity contribution < 1.29 is 19.8 Å². The fourth-order valence-electron chi connectivity index (χ4n) is 1.80. The van der Waals surface area contributed by atoms with Crippen LogP contribution in [0.3, 0.4) is 0 Å². The lowest BCUT2D eigenvalue weighted by Gasteiger charge is -1.99. The number of hydrogen-bond acceptors (Lipinski definition) is 4. The fourth-order valence-corrected chi connectivity index (χ4v) is 2.62. The number of carbonyl (C=O) groups is 2. The molecule has 0 saturated heterocycles. The van der Waals surface area contributed by atoms with Gasteiger partial charge in [-0.15, -0.1) is 11.3 Å². The third kappa shape index (κ3) is 4.03. The second kappa shape index (κ2) is 6.37. The number of carboxylic acid groups (broad SMARTS) is 1. The molecule has 5 heteroatoms. The SMILES string of the molecule is Cc1ccc(Cc2csc(C(=O)C=C(O)C(=O)O)c2)cc1. The number of carboxylic acids is 1. The minimum Gasteiger partial charge on any atom is -0.502 e. The summed E-state index contributed by atoms with van der Waals surface area (Å²) >= 11 is 1.24. The number of aryl methyl sites for hydroxylation is 1. The standard InChI is InChI=1S/C16H14O4S/c1-10-2-4-11(5-3-10)6-12-7-15(21-9-12)13(17)8-14(18)16(19)20/h2-5,7-9,18H,6H2,1H3,(H,19,20). The van der Waals surface area contributed by atoms with Crippen LogP contribution in [0.1, 0.15) is 26.4 Å². The monoisotopic (exact) mass is 302 g/mol. The van der Waals surface area contributed by atoms with E-state index in [0.717, 1.165) is 17.2 Å². The Kier molecular flexibility index (Phi) is 4.55. The lowest BCUT2D eigenvalue weighted by Crippen LogP contribution is -2.02. The largest absolute Gasteiger partial charge is 0.502 e. The summed E-state index contributed by atoms with van der Waals surface area (Å²) in [5.74, 6) is -2.97. The molecule has 4 nitrogen and oxygen atoms in total. The zero-order valence-electron chi connectivity index (χ0n) is 11.4. The summed E-state index contributed by atoms with van der Waals surface area (Å²) in [4.78, 5) is 22.7. The van der Waals surface area contributed by atoms with Gasteiger partial charge in [0.2, 0.25) is 5.76 Å². The van der Waals surface area contributed by atoms with Crippen LogP contribution in [-0.2, 0) is 11.2 Å². The topological polar surface area (TPSA) is 74.6 Å². The van der Waals surface area contributed by atoms with Crippen LogP contribution < -0.4 is 0 Å². The van der Waals surface area contributed by atoms with Crippen molar-refractivity contribution in [2.45, 2.75) is 13.3 Å². The molecular weight excluding hydrogens is 288 g/mol. The number of aliphatic carboxylic acids is 1.